The highest BCUT2D eigenvalue weighted by atomic mass is 32.2. The molecule has 0 saturated carbocycles. The topological polar surface area (TPSA) is 113 Å². The maximum absolute atomic E-state index is 13.0. The number of sulfonamides is 1. The monoisotopic (exact) mass is 581 g/mol. The lowest BCUT2D eigenvalue weighted by Gasteiger charge is -2.26. The van der Waals surface area contributed by atoms with Crippen molar-refractivity contribution < 1.29 is 22.7 Å². The zero-order valence-corrected chi connectivity index (χ0v) is 23.9. The van der Waals surface area contributed by atoms with Crippen molar-refractivity contribution in [3.63, 3.8) is 0 Å². The van der Waals surface area contributed by atoms with Crippen molar-refractivity contribution in [3.8, 4) is 17.2 Å². The van der Waals surface area contributed by atoms with Crippen LogP contribution in [-0.2, 0) is 14.8 Å². The van der Waals surface area contributed by atoms with Crippen LogP contribution >= 0.6 is 11.3 Å². The van der Waals surface area contributed by atoms with E-state index in [9.17, 15) is 13.5 Å². The molecule has 1 aliphatic heterocycles. The standard InChI is InChI=1S/C28H31N5O5S2/c1-3-31(4-2)23-10-7-21(26(34)18-23)19-29-33-25(27-6-5-15-38-27)20-39-28(33)30-22-8-11-24(12-9-22)40(35,36)32-13-16-37-17-14-32/h5-12,15,18-20,34H,3-4,13-14,16-17H2,1-2H3. The van der Waals surface area contributed by atoms with Crippen LogP contribution in [0.25, 0.3) is 11.5 Å². The van der Waals surface area contributed by atoms with E-state index in [0.717, 1.165) is 18.8 Å². The highest BCUT2D eigenvalue weighted by Gasteiger charge is 2.26. The maximum Gasteiger partial charge on any atom is 0.243 e. The van der Waals surface area contributed by atoms with E-state index >= 15 is 0 Å². The van der Waals surface area contributed by atoms with Gasteiger partial charge in [0.15, 0.2) is 5.76 Å². The van der Waals surface area contributed by atoms with Gasteiger partial charge in [-0.15, -0.1) is 11.3 Å². The first-order chi connectivity index (χ1) is 19.4. The van der Waals surface area contributed by atoms with Crippen molar-refractivity contribution in [1.82, 2.24) is 8.98 Å². The largest absolute Gasteiger partial charge is 0.507 e. The van der Waals surface area contributed by atoms with E-state index in [1.165, 1.54) is 15.6 Å². The third-order valence-electron chi connectivity index (χ3n) is 6.58. The Morgan fingerprint density at radius 3 is 2.48 bits per heavy atom. The molecule has 4 aromatic rings. The molecule has 3 heterocycles. The number of aromatic nitrogens is 1. The molecule has 1 saturated heterocycles. The van der Waals surface area contributed by atoms with Crippen molar-refractivity contribution in [1.29, 1.82) is 0 Å². The lowest BCUT2D eigenvalue weighted by atomic mass is 10.2. The van der Waals surface area contributed by atoms with E-state index in [2.05, 4.69) is 23.8 Å². The number of anilines is 1. The van der Waals surface area contributed by atoms with Gasteiger partial charge in [-0.3, -0.25) is 0 Å². The van der Waals surface area contributed by atoms with Gasteiger partial charge in [0.2, 0.25) is 14.8 Å². The number of hydrogen-bond donors (Lipinski definition) is 1. The second kappa shape index (κ2) is 12.2. The number of hydrogen-bond acceptors (Lipinski definition) is 9. The second-order valence-corrected chi connectivity index (χ2v) is 11.7. The summed E-state index contributed by atoms with van der Waals surface area (Å²) in [4.78, 5) is 7.64. The van der Waals surface area contributed by atoms with Gasteiger partial charge in [-0.1, -0.05) is 0 Å². The quantitative estimate of drug-likeness (QED) is 0.291. The summed E-state index contributed by atoms with van der Waals surface area (Å²) in [5.41, 5.74) is 2.76. The Labute approximate surface area is 237 Å². The van der Waals surface area contributed by atoms with Crippen molar-refractivity contribution in [2.24, 2.45) is 10.1 Å². The number of aromatic hydroxyl groups is 1. The molecule has 0 aliphatic carbocycles. The molecule has 0 unspecified atom stereocenters. The summed E-state index contributed by atoms with van der Waals surface area (Å²) in [6.07, 6.45) is 3.17. The van der Waals surface area contributed by atoms with Crippen LogP contribution in [0.1, 0.15) is 19.4 Å². The Hall–Kier alpha value is -3.71. The molecule has 5 rings (SSSR count). The first-order valence-electron chi connectivity index (χ1n) is 13.0. The molecule has 2 aromatic heterocycles. The predicted molar refractivity (Wildman–Crippen MR) is 156 cm³/mol. The van der Waals surface area contributed by atoms with Gasteiger partial charge >= 0.3 is 0 Å². The number of rotatable bonds is 9. The summed E-state index contributed by atoms with van der Waals surface area (Å²) < 4.78 is 39.9. The first-order valence-corrected chi connectivity index (χ1v) is 15.3. The smallest absolute Gasteiger partial charge is 0.243 e. The second-order valence-electron chi connectivity index (χ2n) is 8.97. The van der Waals surface area contributed by atoms with Crippen LogP contribution in [0.15, 0.2) is 85.6 Å². The van der Waals surface area contributed by atoms with Crippen LogP contribution in [0.3, 0.4) is 0 Å². The number of morpholine rings is 1. The van der Waals surface area contributed by atoms with Crippen molar-refractivity contribution in [2.45, 2.75) is 18.7 Å². The van der Waals surface area contributed by atoms with Crippen LogP contribution < -0.4 is 9.70 Å². The first kappa shape index (κ1) is 27.8. The molecule has 1 aliphatic rings. The summed E-state index contributed by atoms with van der Waals surface area (Å²) in [6, 6.07) is 15.6. The molecule has 12 heteroatoms. The van der Waals surface area contributed by atoms with Gasteiger partial charge in [-0.05, 0) is 62.4 Å². The molecule has 0 spiro atoms. The van der Waals surface area contributed by atoms with E-state index in [4.69, 9.17) is 14.1 Å². The Balaban J connectivity index is 1.48. The summed E-state index contributed by atoms with van der Waals surface area (Å²) in [7, 11) is -3.59. The Morgan fingerprint density at radius 2 is 1.82 bits per heavy atom. The third kappa shape index (κ3) is 5.89. The van der Waals surface area contributed by atoms with Gasteiger partial charge in [0.05, 0.1) is 36.3 Å². The number of thiazole rings is 1. The van der Waals surface area contributed by atoms with E-state index in [1.54, 1.807) is 53.6 Å². The van der Waals surface area contributed by atoms with Gasteiger partial charge in [-0.25, -0.2) is 18.1 Å². The minimum absolute atomic E-state index is 0.124. The normalized spacial score (nSPS) is 15.2. The van der Waals surface area contributed by atoms with Crippen LogP contribution in [-0.4, -0.2) is 68.1 Å². The maximum atomic E-state index is 13.0. The summed E-state index contributed by atoms with van der Waals surface area (Å²) in [6.45, 7) is 7.28. The fourth-order valence-electron chi connectivity index (χ4n) is 4.37. The summed E-state index contributed by atoms with van der Waals surface area (Å²) >= 11 is 1.37. The van der Waals surface area contributed by atoms with Crippen molar-refractivity contribution in [2.75, 3.05) is 44.3 Å². The van der Waals surface area contributed by atoms with E-state index in [1.807, 2.05) is 23.6 Å². The van der Waals surface area contributed by atoms with Crippen molar-refractivity contribution in [3.05, 3.63) is 76.6 Å². The van der Waals surface area contributed by atoms with Gasteiger partial charge in [0.1, 0.15) is 11.4 Å². The Morgan fingerprint density at radius 1 is 1.07 bits per heavy atom. The SMILES string of the molecule is CCN(CC)c1ccc(C=Nn2c(-c3ccco3)csc2=Nc2ccc(S(=O)(=O)N3CCOCC3)cc2)c(O)c1. The molecule has 1 N–H and O–H groups in total. The Bertz CT molecular complexity index is 1630. The number of furan rings is 1. The third-order valence-corrected chi connectivity index (χ3v) is 9.31. The number of phenols is 1. The predicted octanol–water partition coefficient (Wildman–Crippen LogP) is 4.50. The van der Waals surface area contributed by atoms with Crippen LogP contribution in [0, 0.1) is 0 Å². The highest BCUT2D eigenvalue weighted by Crippen LogP contribution is 2.25. The number of nitrogens with zero attached hydrogens (tertiary/aromatic N) is 5. The highest BCUT2D eigenvalue weighted by molar-refractivity contribution is 7.89. The molecule has 2 aromatic carbocycles. The number of ether oxygens (including phenoxy) is 1. The fourth-order valence-corrected chi connectivity index (χ4v) is 6.61. The molecule has 1 fully saturated rings. The van der Waals surface area contributed by atoms with Crippen LogP contribution in [0.2, 0.25) is 0 Å². The number of phenolic OH excluding ortho intramolecular Hbond substituents is 1. The number of benzene rings is 2. The minimum atomic E-state index is -3.59. The van der Waals surface area contributed by atoms with Crippen molar-refractivity contribution >= 4 is 38.9 Å². The zero-order valence-electron chi connectivity index (χ0n) is 22.3. The van der Waals surface area contributed by atoms with Crippen LogP contribution in [0.5, 0.6) is 5.75 Å². The fraction of sp³-hybridized carbons (Fsp3) is 0.286. The summed E-state index contributed by atoms with van der Waals surface area (Å²) in [5, 5.41) is 17.2. The Kier molecular flexibility index (Phi) is 8.50. The van der Waals surface area contributed by atoms with E-state index < -0.39 is 10.0 Å². The zero-order chi connectivity index (χ0) is 28.1. The molecule has 0 atom stereocenters. The van der Waals surface area contributed by atoms with E-state index in [-0.39, 0.29) is 10.6 Å². The average molecular weight is 582 g/mol. The molecule has 40 heavy (non-hydrogen) atoms. The van der Waals surface area contributed by atoms with Gasteiger partial charge < -0.3 is 19.2 Å². The summed E-state index contributed by atoms with van der Waals surface area (Å²) in [5.74, 6) is 0.738. The molecule has 210 valence electrons. The average Bonchev–Trinajstić information content (AvgIpc) is 3.64. The lowest BCUT2D eigenvalue weighted by Crippen LogP contribution is -2.40. The van der Waals surface area contributed by atoms with Gasteiger partial charge in [0.25, 0.3) is 0 Å². The lowest BCUT2D eigenvalue weighted by molar-refractivity contribution is 0.0730. The molecule has 10 nitrogen and oxygen atoms in total. The molecular weight excluding hydrogens is 550 g/mol. The van der Waals surface area contributed by atoms with Crippen LogP contribution in [0.4, 0.5) is 11.4 Å². The molecular formula is C28H31N5O5S2. The molecule has 0 amide bonds. The minimum Gasteiger partial charge on any atom is -0.507 e. The van der Waals surface area contributed by atoms with E-state index in [0.29, 0.717) is 53.8 Å². The molecule has 0 bridgehead atoms. The van der Waals surface area contributed by atoms with Gasteiger partial charge in [0, 0.05) is 48.9 Å². The van der Waals surface area contributed by atoms with Gasteiger partial charge in [-0.2, -0.15) is 9.41 Å². The molecule has 0 radical (unpaired) electrons.